The normalized spacial score (nSPS) is 14.4. The number of benzene rings is 1. The Kier molecular flexibility index (Phi) is 7.64. The minimum absolute atomic E-state index is 0.00319. The molecular formula is C20H24F3N3O5. The lowest BCUT2D eigenvalue weighted by molar-refractivity contribution is -0.167. The SMILES string of the molecule is CC(=O)Nc1cc(NC(C)=O)cc(C(=O)OCC(=O)N(CC(F)(F)F)C(C)C2CC2)c1. The summed E-state index contributed by atoms with van der Waals surface area (Å²) in [6.45, 7) is 1.74. The molecular weight excluding hydrogens is 419 g/mol. The Labute approximate surface area is 177 Å². The van der Waals surface area contributed by atoms with E-state index in [1.807, 2.05) is 0 Å². The molecule has 0 aromatic heterocycles. The Balaban J connectivity index is 2.12. The summed E-state index contributed by atoms with van der Waals surface area (Å²) in [6.07, 6.45) is -3.10. The molecule has 1 unspecified atom stereocenters. The van der Waals surface area contributed by atoms with Gasteiger partial charge in [0.15, 0.2) is 6.61 Å². The van der Waals surface area contributed by atoms with Crippen molar-refractivity contribution in [1.82, 2.24) is 4.90 Å². The Bertz CT molecular complexity index is 834. The number of anilines is 2. The standard InChI is InChI=1S/C20H24F3N3O5/c1-11(14-4-5-14)26(10-20(21,22)23)18(29)9-31-19(30)15-6-16(24-12(2)27)8-17(7-15)25-13(3)28/h6-8,11,14H,4-5,9-10H2,1-3H3,(H,24,27)(H,25,28). The predicted molar refractivity (Wildman–Crippen MR) is 105 cm³/mol. The second-order valence-electron chi connectivity index (χ2n) is 7.45. The number of amides is 3. The summed E-state index contributed by atoms with van der Waals surface area (Å²) in [5.41, 5.74) is 0.288. The first-order valence-corrected chi connectivity index (χ1v) is 9.59. The van der Waals surface area contributed by atoms with Crippen LogP contribution in [0.5, 0.6) is 0 Å². The van der Waals surface area contributed by atoms with E-state index in [4.69, 9.17) is 4.74 Å². The van der Waals surface area contributed by atoms with Crippen LogP contribution in [0.15, 0.2) is 18.2 Å². The number of nitrogens with one attached hydrogen (secondary N) is 2. The van der Waals surface area contributed by atoms with Gasteiger partial charge < -0.3 is 20.3 Å². The summed E-state index contributed by atoms with van der Waals surface area (Å²) in [5.74, 6) is -2.79. The van der Waals surface area contributed by atoms with Crippen molar-refractivity contribution in [2.75, 3.05) is 23.8 Å². The van der Waals surface area contributed by atoms with Crippen LogP contribution in [-0.4, -0.2) is 54.0 Å². The van der Waals surface area contributed by atoms with Crippen molar-refractivity contribution < 1.29 is 37.1 Å². The summed E-state index contributed by atoms with van der Waals surface area (Å²) >= 11 is 0. The Morgan fingerprint density at radius 1 is 1.06 bits per heavy atom. The lowest BCUT2D eigenvalue weighted by Crippen LogP contribution is -2.47. The average Bonchev–Trinajstić information content (AvgIpc) is 3.46. The fraction of sp³-hybridized carbons (Fsp3) is 0.500. The van der Waals surface area contributed by atoms with Gasteiger partial charge in [0.05, 0.1) is 5.56 Å². The van der Waals surface area contributed by atoms with E-state index in [2.05, 4.69) is 10.6 Å². The summed E-state index contributed by atoms with van der Waals surface area (Å²) in [5, 5.41) is 4.92. The fourth-order valence-corrected chi connectivity index (χ4v) is 3.08. The van der Waals surface area contributed by atoms with Crippen molar-refractivity contribution >= 4 is 35.1 Å². The van der Waals surface area contributed by atoms with Crippen LogP contribution >= 0.6 is 0 Å². The predicted octanol–water partition coefficient (Wildman–Crippen LogP) is 2.95. The van der Waals surface area contributed by atoms with Gasteiger partial charge in [-0.2, -0.15) is 13.2 Å². The number of rotatable bonds is 8. The number of nitrogens with zero attached hydrogens (tertiary/aromatic N) is 1. The summed E-state index contributed by atoms with van der Waals surface area (Å²) in [6, 6.07) is 3.31. The Hall–Kier alpha value is -3.11. The van der Waals surface area contributed by atoms with Gasteiger partial charge >= 0.3 is 12.1 Å². The highest BCUT2D eigenvalue weighted by molar-refractivity contribution is 5.98. The van der Waals surface area contributed by atoms with Crippen molar-refractivity contribution in [2.24, 2.45) is 5.92 Å². The molecule has 1 aromatic rings. The lowest BCUT2D eigenvalue weighted by Gasteiger charge is -2.30. The maximum Gasteiger partial charge on any atom is 0.406 e. The van der Waals surface area contributed by atoms with E-state index < -0.39 is 49.1 Å². The molecule has 0 radical (unpaired) electrons. The van der Waals surface area contributed by atoms with Crippen molar-refractivity contribution in [1.29, 1.82) is 0 Å². The zero-order valence-corrected chi connectivity index (χ0v) is 17.3. The number of alkyl halides is 3. The van der Waals surface area contributed by atoms with Gasteiger partial charge in [0.1, 0.15) is 6.54 Å². The first-order valence-electron chi connectivity index (χ1n) is 9.59. The van der Waals surface area contributed by atoms with Crippen LogP contribution in [0.3, 0.4) is 0 Å². The molecule has 170 valence electrons. The molecule has 1 aliphatic rings. The van der Waals surface area contributed by atoms with Gasteiger partial charge in [0.2, 0.25) is 11.8 Å². The second kappa shape index (κ2) is 9.80. The lowest BCUT2D eigenvalue weighted by atomic mass is 10.1. The van der Waals surface area contributed by atoms with Crippen LogP contribution in [0.4, 0.5) is 24.5 Å². The molecule has 0 aliphatic heterocycles. The Morgan fingerprint density at radius 2 is 1.58 bits per heavy atom. The molecule has 1 aromatic carbocycles. The van der Waals surface area contributed by atoms with Gasteiger partial charge in [-0.3, -0.25) is 14.4 Å². The van der Waals surface area contributed by atoms with Crippen molar-refractivity contribution in [3.05, 3.63) is 23.8 Å². The monoisotopic (exact) mass is 443 g/mol. The molecule has 31 heavy (non-hydrogen) atoms. The highest BCUT2D eigenvalue weighted by Gasteiger charge is 2.40. The minimum Gasteiger partial charge on any atom is -0.452 e. The van der Waals surface area contributed by atoms with Gasteiger partial charge in [-0.25, -0.2) is 4.79 Å². The van der Waals surface area contributed by atoms with Crippen LogP contribution < -0.4 is 10.6 Å². The molecule has 1 saturated carbocycles. The van der Waals surface area contributed by atoms with Crippen LogP contribution in [0.25, 0.3) is 0 Å². The van der Waals surface area contributed by atoms with E-state index in [9.17, 15) is 32.3 Å². The highest BCUT2D eigenvalue weighted by atomic mass is 19.4. The Morgan fingerprint density at radius 3 is 2.00 bits per heavy atom. The van der Waals surface area contributed by atoms with Crippen molar-refractivity contribution in [2.45, 2.75) is 45.8 Å². The van der Waals surface area contributed by atoms with Crippen molar-refractivity contribution in [3.8, 4) is 0 Å². The third-order valence-corrected chi connectivity index (χ3v) is 4.60. The second-order valence-corrected chi connectivity index (χ2v) is 7.45. The molecule has 11 heteroatoms. The van der Waals surface area contributed by atoms with Gasteiger partial charge in [0.25, 0.3) is 5.91 Å². The first-order chi connectivity index (χ1) is 14.4. The number of hydrogen-bond donors (Lipinski definition) is 2. The van der Waals surface area contributed by atoms with Crippen LogP contribution in [-0.2, 0) is 19.1 Å². The van der Waals surface area contributed by atoms with E-state index >= 15 is 0 Å². The molecule has 1 fully saturated rings. The quantitative estimate of drug-likeness (QED) is 0.601. The van der Waals surface area contributed by atoms with Crippen LogP contribution in [0.2, 0.25) is 0 Å². The molecule has 2 N–H and O–H groups in total. The maximum atomic E-state index is 12.9. The molecule has 0 heterocycles. The van der Waals surface area contributed by atoms with E-state index in [-0.39, 0.29) is 22.9 Å². The molecule has 1 atom stereocenters. The van der Waals surface area contributed by atoms with E-state index in [1.165, 1.54) is 32.0 Å². The topological polar surface area (TPSA) is 105 Å². The van der Waals surface area contributed by atoms with E-state index in [0.717, 1.165) is 12.8 Å². The van der Waals surface area contributed by atoms with Gasteiger partial charge in [0, 0.05) is 31.3 Å². The van der Waals surface area contributed by atoms with Crippen molar-refractivity contribution in [3.63, 3.8) is 0 Å². The summed E-state index contributed by atoms with van der Waals surface area (Å²) in [7, 11) is 0. The van der Waals surface area contributed by atoms with Crippen LogP contribution in [0.1, 0.15) is 44.0 Å². The molecule has 2 rings (SSSR count). The smallest absolute Gasteiger partial charge is 0.406 e. The first kappa shape index (κ1) is 24.2. The third-order valence-electron chi connectivity index (χ3n) is 4.60. The number of hydrogen-bond acceptors (Lipinski definition) is 5. The third kappa shape index (κ3) is 7.91. The summed E-state index contributed by atoms with van der Waals surface area (Å²) < 4.78 is 43.6. The number of carbonyl (C=O) groups is 4. The number of esters is 1. The zero-order chi connectivity index (χ0) is 23.3. The minimum atomic E-state index is -4.58. The molecule has 0 spiro atoms. The molecule has 8 nitrogen and oxygen atoms in total. The maximum absolute atomic E-state index is 12.9. The molecule has 0 saturated heterocycles. The van der Waals surface area contributed by atoms with E-state index in [1.54, 1.807) is 6.92 Å². The number of halogens is 3. The van der Waals surface area contributed by atoms with E-state index in [0.29, 0.717) is 4.90 Å². The summed E-state index contributed by atoms with van der Waals surface area (Å²) in [4.78, 5) is 48.1. The van der Waals surface area contributed by atoms with Gasteiger partial charge in [-0.05, 0) is 43.9 Å². The number of ether oxygens (including phenoxy) is 1. The average molecular weight is 443 g/mol. The highest BCUT2D eigenvalue weighted by Crippen LogP contribution is 2.36. The molecule has 1 aliphatic carbocycles. The molecule has 3 amide bonds. The van der Waals surface area contributed by atoms with Crippen LogP contribution in [0, 0.1) is 5.92 Å². The largest absolute Gasteiger partial charge is 0.452 e. The number of carbonyl (C=O) groups excluding carboxylic acids is 4. The van der Waals surface area contributed by atoms with Gasteiger partial charge in [-0.15, -0.1) is 0 Å². The molecule has 0 bridgehead atoms. The fourth-order valence-electron chi connectivity index (χ4n) is 3.08. The zero-order valence-electron chi connectivity index (χ0n) is 17.3. The van der Waals surface area contributed by atoms with Gasteiger partial charge in [-0.1, -0.05) is 0 Å².